The highest BCUT2D eigenvalue weighted by molar-refractivity contribution is 5.68. The van der Waals surface area contributed by atoms with Gasteiger partial charge in [-0.2, -0.15) is 0 Å². The zero-order valence-corrected chi connectivity index (χ0v) is 10.4. The largest absolute Gasteiger partial charge is 0.444 e. The third-order valence-corrected chi connectivity index (χ3v) is 2.91. The van der Waals surface area contributed by atoms with Crippen molar-refractivity contribution in [1.82, 2.24) is 4.90 Å². The summed E-state index contributed by atoms with van der Waals surface area (Å²) < 4.78 is 10.9. The van der Waals surface area contributed by atoms with Gasteiger partial charge in [0.25, 0.3) is 0 Å². The third kappa shape index (κ3) is 3.11. The number of nitrogens with zero attached hydrogens (tertiary/aromatic N) is 1. The van der Waals surface area contributed by atoms with Crippen LogP contribution in [0.3, 0.4) is 0 Å². The fourth-order valence-corrected chi connectivity index (χ4v) is 2.04. The van der Waals surface area contributed by atoms with E-state index in [1.54, 1.807) is 4.90 Å². The SMILES string of the molecule is CC(C)(C)OC(=O)N1CCCCC2OC2C1. The molecule has 2 atom stereocenters. The number of epoxide rings is 1. The number of hydrogen-bond acceptors (Lipinski definition) is 3. The molecule has 4 heteroatoms. The molecule has 2 fully saturated rings. The number of carbonyl (C=O) groups excluding carboxylic acids is 1. The van der Waals surface area contributed by atoms with Gasteiger partial charge in [0.1, 0.15) is 11.7 Å². The summed E-state index contributed by atoms with van der Waals surface area (Å²) in [6.45, 7) is 7.17. The van der Waals surface area contributed by atoms with Crippen molar-refractivity contribution in [2.24, 2.45) is 0 Å². The van der Waals surface area contributed by atoms with E-state index in [9.17, 15) is 4.79 Å². The first kappa shape index (κ1) is 11.7. The van der Waals surface area contributed by atoms with E-state index in [2.05, 4.69) is 0 Å². The van der Waals surface area contributed by atoms with Gasteiger partial charge in [0, 0.05) is 6.54 Å². The molecule has 0 aliphatic carbocycles. The van der Waals surface area contributed by atoms with Gasteiger partial charge >= 0.3 is 6.09 Å². The fraction of sp³-hybridized carbons (Fsp3) is 0.917. The maximum atomic E-state index is 11.9. The van der Waals surface area contributed by atoms with Gasteiger partial charge in [-0.25, -0.2) is 4.79 Å². The van der Waals surface area contributed by atoms with E-state index in [1.807, 2.05) is 20.8 Å². The van der Waals surface area contributed by atoms with Gasteiger partial charge in [-0.15, -0.1) is 0 Å². The fourth-order valence-electron chi connectivity index (χ4n) is 2.04. The lowest BCUT2D eigenvalue weighted by molar-refractivity contribution is 0.0233. The maximum Gasteiger partial charge on any atom is 0.410 e. The molecule has 2 aliphatic rings. The van der Waals surface area contributed by atoms with Crippen LogP contribution in [0, 0.1) is 0 Å². The van der Waals surface area contributed by atoms with Crippen molar-refractivity contribution in [3.8, 4) is 0 Å². The molecule has 0 N–H and O–H groups in total. The van der Waals surface area contributed by atoms with Crippen LogP contribution in [0.4, 0.5) is 4.79 Å². The van der Waals surface area contributed by atoms with Crippen molar-refractivity contribution in [2.75, 3.05) is 13.1 Å². The van der Waals surface area contributed by atoms with Gasteiger partial charge in [-0.3, -0.25) is 0 Å². The van der Waals surface area contributed by atoms with Crippen LogP contribution in [0.25, 0.3) is 0 Å². The van der Waals surface area contributed by atoms with E-state index in [0.717, 1.165) is 25.8 Å². The molecule has 2 unspecified atom stereocenters. The second-order valence-electron chi connectivity index (χ2n) is 5.64. The molecule has 0 bridgehead atoms. The smallest absolute Gasteiger partial charge is 0.410 e. The van der Waals surface area contributed by atoms with E-state index in [1.165, 1.54) is 0 Å². The summed E-state index contributed by atoms with van der Waals surface area (Å²) in [7, 11) is 0. The topological polar surface area (TPSA) is 42.1 Å². The van der Waals surface area contributed by atoms with Gasteiger partial charge in [-0.1, -0.05) is 0 Å². The molecule has 0 aromatic rings. The predicted molar refractivity (Wildman–Crippen MR) is 60.3 cm³/mol. The zero-order chi connectivity index (χ0) is 11.8. The van der Waals surface area contributed by atoms with Gasteiger partial charge in [0.05, 0.1) is 12.6 Å². The van der Waals surface area contributed by atoms with E-state index in [-0.39, 0.29) is 12.2 Å². The molecule has 0 aromatic heterocycles. The number of hydrogen-bond donors (Lipinski definition) is 0. The second-order valence-corrected chi connectivity index (χ2v) is 5.64. The first-order chi connectivity index (χ1) is 7.46. The Labute approximate surface area is 96.9 Å². The summed E-state index contributed by atoms with van der Waals surface area (Å²) in [6.07, 6.45) is 3.78. The van der Waals surface area contributed by atoms with Gasteiger partial charge in [0.2, 0.25) is 0 Å². The molecular weight excluding hydrogens is 206 g/mol. The Kier molecular flexibility index (Phi) is 3.10. The summed E-state index contributed by atoms with van der Waals surface area (Å²) >= 11 is 0. The second kappa shape index (κ2) is 4.24. The Bertz CT molecular complexity index is 272. The van der Waals surface area contributed by atoms with E-state index < -0.39 is 5.60 Å². The van der Waals surface area contributed by atoms with Gasteiger partial charge in [-0.05, 0) is 40.0 Å². The number of rotatable bonds is 0. The zero-order valence-electron chi connectivity index (χ0n) is 10.4. The number of fused-ring (bicyclic) bond motifs is 1. The van der Waals surface area contributed by atoms with Crippen molar-refractivity contribution in [1.29, 1.82) is 0 Å². The molecule has 0 spiro atoms. The molecule has 0 radical (unpaired) electrons. The molecule has 2 saturated heterocycles. The molecule has 2 rings (SSSR count). The molecule has 2 heterocycles. The lowest BCUT2D eigenvalue weighted by atomic mass is 10.1. The minimum atomic E-state index is -0.413. The highest BCUT2D eigenvalue weighted by atomic mass is 16.6. The summed E-state index contributed by atoms with van der Waals surface area (Å²) in [5.74, 6) is 0. The molecule has 1 amide bonds. The van der Waals surface area contributed by atoms with Crippen molar-refractivity contribution < 1.29 is 14.3 Å². The van der Waals surface area contributed by atoms with Crippen molar-refractivity contribution in [2.45, 2.75) is 57.8 Å². The molecule has 92 valence electrons. The number of carbonyl (C=O) groups is 1. The predicted octanol–water partition coefficient (Wildman–Crippen LogP) is 2.17. The van der Waals surface area contributed by atoms with Crippen molar-refractivity contribution in [3.63, 3.8) is 0 Å². The average Bonchev–Trinajstić information content (AvgIpc) is 2.78. The first-order valence-corrected chi connectivity index (χ1v) is 6.09. The maximum absolute atomic E-state index is 11.9. The molecule has 0 saturated carbocycles. The van der Waals surface area contributed by atoms with Crippen LogP contribution in [-0.2, 0) is 9.47 Å². The van der Waals surface area contributed by atoms with E-state index >= 15 is 0 Å². The van der Waals surface area contributed by atoms with Crippen LogP contribution in [0.15, 0.2) is 0 Å². The molecular formula is C12H21NO3. The average molecular weight is 227 g/mol. The molecule has 2 aliphatic heterocycles. The van der Waals surface area contributed by atoms with Crippen molar-refractivity contribution >= 4 is 6.09 Å². The van der Waals surface area contributed by atoms with E-state index in [4.69, 9.17) is 9.47 Å². The Morgan fingerprint density at radius 2 is 2.06 bits per heavy atom. The Morgan fingerprint density at radius 3 is 2.75 bits per heavy atom. The standard InChI is InChI=1S/C12H21NO3/c1-12(2,3)16-11(14)13-7-5-4-6-9-10(8-13)15-9/h9-10H,4-8H2,1-3H3. The quantitative estimate of drug-likeness (QED) is 0.596. The highest BCUT2D eigenvalue weighted by Gasteiger charge is 2.41. The van der Waals surface area contributed by atoms with Crippen LogP contribution in [0.5, 0.6) is 0 Å². The highest BCUT2D eigenvalue weighted by Crippen LogP contribution is 2.30. The van der Waals surface area contributed by atoms with Crippen LogP contribution >= 0.6 is 0 Å². The van der Waals surface area contributed by atoms with E-state index in [0.29, 0.717) is 12.6 Å². The Balaban J connectivity index is 1.89. The summed E-state index contributed by atoms with van der Waals surface area (Å²) in [5.41, 5.74) is -0.413. The summed E-state index contributed by atoms with van der Waals surface area (Å²) in [4.78, 5) is 13.7. The normalized spacial score (nSPS) is 30.1. The van der Waals surface area contributed by atoms with Crippen molar-refractivity contribution in [3.05, 3.63) is 0 Å². The minimum absolute atomic E-state index is 0.205. The van der Waals surface area contributed by atoms with Gasteiger partial charge in [0.15, 0.2) is 0 Å². The van der Waals surface area contributed by atoms with Crippen LogP contribution in [0.2, 0.25) is 0 Å². The van der Waals surface area contributed by atoms with Crippen LogP contribution in [-0.4, -0.2) is 41.9 Å². The van der Waals surface area contributed by atoms with Gasteiger partial charge < -0.3 is 14.4 Å². The third-order valence-electron chi connectivity index (χ3n) is 2.91. The molecule has 16 heavy (non-hydrogen) atoms. The lowest BCUT2D eigenvalue weighted by Gasteiger charge is -2.27. The minimum Gasteiger partial charge on any atom is -0.444 e. The summed E-state index contributed by atoms with van der Waals surface area (Å²) in [6, 6.07) is 0. The Hall–Kier alpha value is -0.770. The monoisotopic (exact) mass is 227 g/mol. The van der Waals surface area contributed by atoms with Crippen LogP contribution in [0.1, 0.15) is 40.0 Å². The molecule has 4 nitrogen and oxygen atoms in total. The summed E-state index contributed by atoms with van der Waals surface area (Å²) in [5, 5.41) is 0. The van der Waals surface area contributed by atoms with Crippen LogP contribution < -0.4 is 0 Å². The Morgan fingerprint density at radius 1 is 1.31 bits per heavy atom. The first-order valence-electron chi connectivity index (χ1n) is 6.09. The number of amides is 1. The lowest BCUT2D eigenvalue weighted by Crippen LogP contribution is -2.40. The number of likely N-dealkylation sites (tertiary alicyclic amines) is 1. The number of ether oxygens (including phenoxy) is 2. The molecule has 0 aromatic carbocycles.